The van der Waals surface area contributed by atoms with Crippen LogP contribution in [0.4, 0.5) is 45.2 Å². The van der Waals surface area contributed by atoms with E-state index in [0.29, 0.717) is 6.07 Å². The Morgan fingerprint density at radius 3 is 1.41 bits per heavy atom. The highest BCUT2D eigenvalue weighted by atomic mass is 28.2. The Labute approximate surface area is 216 Å². The van der Waals surface area contributed by atoms with E-state index in [2.05, 4.69) is 10.5 Å². The summed E-state index contributed by atoms with van der Waals surface area (Å²) in [5, 5.41) is 12.3. The van der Waals surface area contributed by atoms with E-state index in [1.165, 1.54) is 0 Å². The summed E-state index contributed by atoms with van der Waals surface area (Å²) in [6.07, 6.45) is 0. The van der Waals surface area contributed by atoms with Gasteiger partial charge in [-0.2, -0.15) is 0 Å². The minimum Gasteiger partial charge on any atom is -0.401 e. The van der Waals surface area contributed by atoms with Crippen LogP contribution < -0.4 is 0 Å². The molecule has 0 amide bonds. The molecular formula is C25H9F9NO3Si. The number of halogens is 9. The summed E-state index contributed by atoms with van der Waals surface area (Å²) in [4.78, 5) is 11.0. The molecule has 0 aliphatic rings. The van der Waals surface area contributed by atoms with Gasteiger partial charge >= 0.3 is 0 Å². The molecule has 0 saturated carbocycles. The smallest absolute Gasteiger partial charge is 0.284 e. The number of nitro groups is 1. The molecule has 4 rings (SSSR count). The third-order valence-corrected chi connectivity index (χ3v) is 6.05. The molecule has 0 aliphatic carbocycles. The van der Waals surface area contributed by atoms with Gasteiger partial charge in [0.15, 0.2) is 5.60 Å². The summed E-state index contributed by atoms with van der Waals surface area (Å²) in [5.41, 5.74) is -11.2. The van der Waals surface area contributed by atoms with Crippen molar-refractivity contribution in [3.05, 3.63) is 134 Å². The fourth-order valence-electron chi connectivity index (χ4n) is 4.33. The van der Waals surface area contributed by atoms with Gasteiger partial charge in [-0.3, -0.25) is 10.1 Å². The van der Waals surface area contributed by atoms with Gasteiger partial charge in [0.2, 0.25) is 10.5 Å². The van der Waals surface area contributed by atoms with E-state index >= 15 is 17.6 Å². The van der Waals surface area contributed by atoms with Crippen LogP contribution in [-0.4, -0.2) is 15.4 Å². The molecule has 4 aromatic rings. The van der Waals surface area contributed by atoms with Crippen LogP contribution in [0.15, 0.2) is 54.6 Å². The third kappa shape index (κ3) is 4.55. The first-order valence-corrected chi connectivity index (χ1v) is 10.8. The maximum Gasteiger partial charge on any atom is 0.284 e. The van der Waals surface area contributed by atoms with E-state index in [-0.39, 0.29) is 36.4 Å². The van der Waals surface area contributed by atoms with Gasteiger partial charge in [0.1, 0.15) is 52.4 Å². The summed E-state index contributed by atoms with van der Waals surface area (Å²) >= 11 is 0. The second-order valence-corrected chi connectivity index (χ2v) is 8.18. The van der Waals surface area contributed by atoms with E-state index in [9.17, 15) is 32.1 Å². The van der Waals surface area contributed by atoms with Gasteiger partial charge < -0.3 is 4.43 Å². The summed E-state index contributed by atoms with van der Waals surface area (Å²) in [7, 11) is 2.45. The molecule has 199 valence electrons. The maximum atomic E-state index is 15.2. The molecule has 0 spiro atoms. The molecule has 14 heteroatoms. The van der Waals surface area contributed by atoms with Crippen LogP contribution in [0.3, 0.4) is 0 Å². The SMILES string of the molecule is O=[N+]([O-])c1c(-c2c(F)cc(F)cc2F)cccc1C(O[Si])(c1c(F)cc(F)cc1F)c1c(F)cc(F)cc1F. The highest BCUT2D eigenvalue weighted by Crippen LogP contribution is 2.50. The molecule has 0 heterocycles. The Morgan fingerprint density at radius 1 is 0.667 bits per heavy atom. The Kier molecular flexibility index (Phi) is 7.27. The van der Waals surface area contributed by atoms with Crippen molar-refractivity contribution in [3.8, 4) is 11.1 Å². The van der Waals surface area contributed by atoms with Crippen LogP contribution in [-0.2, 0) is 10.0 Å². The van der Waals surface area contributed by atoms with E-state index in [4.69, 9.17) is 4.43 Å². The second kappa shape index (κ2) is 10.2. The van der Waals surface area contributed by atoms with Gasteiger partial charge in [-0.15, -0.1) is 0 Å². The topological polar surface area (TPSA) is 52.4 Å². The largest absolute Gasteiger partial charge is 0.401 e. The van der Waals surface area contributed by atoms with E-state index in [1.54, 1.807) is 0 Å². The molecule has 0 aliphatic heterocycles. The zero-order chi connectivity index (χ0) is 28.8. The predicted octanol–water partition coefficient (Wildman–Crippen LogP) is 6.91. The first-order chi connectivity index (χ1) is 18.3. The Hall–Kier alpha value is -4.17. The number of para-hydroxylation sites is 1. The summed E-state index contributed by atoms with van der Waals surface area (Å²) in [6, 6.07) is 2.89. The quantitative estimate of drug-likeness (QED) is 0.0833. The second-order valence-electron chi connectivity index (χ2n) is 7.98. The van der Waals surface area contributed by atoms with Gasteiger partial charge in [-0.25, -0.2) is 39.5 Å². The predicted molar refractivity (Wildman–Crippen MR) is 118 cm³/mol. The van der Waals surface area contributed by atoms with Crippen molar-refractivity contribution in [2.24, 2.45) is 0 Å². The van der Waals surface area contributed by atoms with Crippen molar-refractivity contribution in [2.45, 2.75) is 5.60 Å². The molecular weight excluding hydrogens is 561 g/mol. The normalized spacial score (nSPS) is 11.6. The summed E-state index contributed by atoms with van der Waals surface area (Å²) in [6.45, 7) is 0. The summed E-state index contributed by atoms with van der Waals surface area (Å²) < 4.78 is 136. The zero-order valence-electron chi connectivity index (χ0n) is 18.8. The number of rotatable bonds is 6. The highest BCUT2D eigenvalue weighted by molar-refractivity contribution is 5.99. The molecule has 0 atom stereocenters. The Morgan fingerprint density at radius 2 is 1.05 bits per heavy atom. The standard InChI is InChI=1S/C25H9F9NO3Si/c26-10-4-15(29)21(16(30)5-10)13-2-1-3-14(24(13)35(36)37)25(38-39,22-17(31)6-11(27)7-18(22)32)23-19(33)8-12(28)9-20(23)34/h1-9H. The Bertz CT molecular complexity index is 1520. The van der Waals surface area contributed by atoms with E-state index in [1.807, 2.05) is 0 Å². The fourth-order valence-corrected chi connectivity index (χ4v) is 4.65. The maximum absolute atomic E-state index is 15.2. The third-order valence-electron chi connectivity index (χ3n) is 5.75. The van der Waals surface area contributed by atoms with Crippen LogP contribution in [0.5, 0.6) is 0 Å². The highest BCUT2D eigenvalue weighted by Gasteiger charge is 2.50. The van der Waals surface area contributed by atoms with Crippen molar-refractivity contribution >= 4 is 16.2 Å². The lowest BCUT2D eigenvalue weighted by molar-refractivity contribution is -0.385. The fraction of sp³-hybridized carbons (Fsp3) is 0.0400. The van der Waals surface area contributed by atoms with Crippen LogP contribution in [0.1, 0.15) is 16.7 Å². The number of benzene rings is 4. The van der Waals surface area contributed by atoms with Crippen LogP contribution in [0.25, 0.3) is 11.1 Å². The molecule has 39 heavy (non-hydrogen) atoms. The molecule has 0 saturated heterocycles. The molecule has 0 N–H and O–H groups in total. The monoisotopic (exact) mass is 570 g/mol. The number of hydrogen-bond donors (Lipinski definition) is 0. The minimum atomic E-state index is -3.44. The minimum absolute atomic E-state index is 0.0622. The molecule has 0 unspecified atom stereocenters. The van der Waals surface area contributed by atoms with E-state index in [0.717, 1.165) is 12.1 Å². The van der Waals surface area contributed by atoms with Gasteiger partial charge in [-0.05, 0) is 12.1 Å². The van der Waals surface area contributed by atoms with Crippen LogP contribution >= 0.6 is 0 Å². The molecule has 0 fully saturated rings. The van der Waals surface area contributed by atoms with Gasteiger partial charge in [0.05, 0.1) is 32.7 Å². The summed E-state index contributed by atoms with van der Waals surface area (Å²) in [5.74, 6) is -15.2. The van der Waals surface area contributed by atoms with Crippen molar-refractivity contribution in [3.63, 3.8) is 0 Å². The average molecular weight is 570 g/mol. The first kappa shape index (κ1) is 27.9. The van der Waals surface area contributed by atoms with Crippen LogP contribution in [0, 0.1) is 62.5 Å². The van der Waals surface area contributed by atoms with Crippen molar-refractivity contribution in [2.75, 3.05) is 0 Å². The lowest BCUT2D eigenvalue weighted by Gasteiger charge is -2.35. The molecule has 4 nitrogen and oxygen atoms in total. The number of nitro benzene ring substituents is 1. The van der Waals surface area contributed by atoms with Gasteiger partial charge in [0.25, 0.3) is 5.69 Å². The lowest BCUT2D eigenvalue weighted by atomic mass is 9.77. The number of nitrogens with zero attached hydrogens (tertiary/aromatic N) is 1. The molecule has 3 radical (unpaired) electrons. The molecule has 0 aromatic heterocycles. The van der Waals surface area contributed by atoms with Gasteiger partial charge in [-0.1, -0.05) is 6.07 Å². The molecule has 4 aromatic carbocycles. The van der Waals surface area contributed by atoms with Crippen molar-refractivity contribution in [1.29, 1.82) is 0 Å². The zero-order valence-corrected chi connectivity index (χ0v) is 19.8. The Balaban J connectivity index is 2.28. The molecule has 0 bridgehead atoms. The first-order valence-electron chi connectivity index (χ1n) is 10.4. The van der Waals surface area contributed by atoms with E-state index < -0.39 is 96.4 Å². The van der Waals surface area contributed by atoms with Crippen molar-refractivity contribution < 1.29 is 48.9 Å². The van der Waals surface area contributed by atoms with Crippen LogP contribution in [0.2, 0.25) is 0 Å². The van der Waals surface area contributed by atoms with Gasteiger partial charge in [0, 0.05) is 36.4 Å². The average Bonchev–Trinajstić information content (AvgIpc) is 2.80. The van der Waals surface area contributed by atoms with Crippen molar-refractivity contribution in [1.82, 2.24) is 0 Å². The lowest BCUT2D eigenvalue weighted by Crippen LogP contribution is -2.37. The number of hydrogen-bond acceptors (Lipinski definition) is 3.